The van der Waals surface area contributed by atoms with Gasteiger partial charge in [-0.05, 0) is 35.7 Å². The van der Waals surface area contributed by atoms with Crippen LogP contribution in [0.3, 0.4) is 0 Å². The van der Waals surface area contributed by atoms with Crippen LogP contribution < -0.4 is 10.6 Å². The number of hydrogen-bond donors (Lipinski definition) is 2. The average Bonchev–Trinajstić information content (AvgIpc) is 2.49. The first kappa shape index (κ1) is 15.9. The van der Waals surface area contributed by atoms with Gasteiger partial charge in [-0.25, -0.2) is 4.79 Å². The summed E-state index contributed by atoms with van der Waals surface area (Å²) in [7, 11) is 0. The summed E-state index contributed by atoms with van der Waals surface area (Å²) in [6.07, 6.45) is 0.787. The van der Waals surface area contributed by atoms with E-state index in [1.165, 1.54) is 5.56 Å². The standard InChI is InChI=1S/C16H16BrClN2O/c17-15-4-2-1-3-13(15)9-10-19-16(21)20-11-12-5-7-14(18)8-6-12/h1-8H,9-11H2,(H2,19,20,21). The fourth-order valence-corrected chi connectivity index (χ4v) is 2.47. The molecule has 0 saturated heterocycles. The van der Waals surface area contributed by atoms with E-state index in [0.717, 1.165) is 16.5 Å². The molecule has 0 aliphatic heterocycles. The number of hydrogen-bond acceptors (Lipinski definition) is 1. The molecule has 2 aromatic rings. The number of benzene rings is 2. The Bertz CT molecular complexity index is 601. The van der Waals surface area contributed by atoms with E-state index < -0.39 is 0 Å². The summed E-state index contributed by atoms with van der Waals surface area (Å²) in [4.78, 5) is 11.7. The van der Waals surface area contributed by atoms with E-state index in [1.54, 1.807) is 0 Å². The van der Waals surface area contributed by atoms with Gasteiger partial charge in [0.25, 0.3) is 0 Å². The van der Waals surface area contributed by atoms with Crippen LogP contribution in [0.15, 0.2) is 53.0 Å². The summed E-state index contributed by atoms with van der Waals surface area (Å²) in [5.41, 5.74) is 2.19. The van der Waals surface area contributed by atoms with E-state index in [1.807, 2.05) is 48.5 Å². The molecule has 0 spiro atoms. The first-order chi connectivity index (χ1) is 10.1. The van der Waals surface area contributed by atoms with E-state index in [-0.39, 0.29) is 6.03 Å². The lowest BCUT2D eigenvalue weighted by Gasteiger charge is -2.08. The topological polar surface area (TPSA) is 41.1 Å². The monoisotopic (exact) mass is 366 g/mol. The fraction of sp³-hybridized carbons (Fsp3) is 0.188. The van der Waals surface area contributed by atoms with Gasteiger partial charge in [-0.2, -0.15) is 0 Å². The Kier molecular flexibility index (Phi) is 6.08. The summed E-state index contributed by atoms with van der Waals surface area (Å²) in [6, 6.07) is 15.2. The van der Waals surface area contributed by atoms with Gasteiger partial charge in [-0.3, -0.25) is 0 Å². The molecule has 0 aliphatic carbocycles. The van der Waals surface area contributed by atoms with E-state index in [4.69, 9.17) is 11.6 Å². The minimum atomic E-state index is -0.169. The maximum absolute atomic E-state index is 11.7. The van der Waals surface area contributed by atoms with Crippen LogP contribution in [0.1, 0.15) is 11.1 Å². The predicted octanol–water partition coefficient (Wildman–Crippen LogP) is 4.14. The molecule has 2 rings (SSSR count). The molecule has 0 bridgehead atoms. The van der Waals surface area contributed by atoms with Gasteiger partial charge in [0.1, 0.15) is 0 Å². The maximum atomic E-state index is 11.7. The second-order valence-corrected chi connectivity index (χ2v) is 5.87. The smallest absolute Gasteiger partial charge is 0.315 e. The minimum absolute atomic E-state index is 0.169. The summed E-state index contributed by atoms with van der Waals surface area (Å²) in [5.74, 6) is 0. The molecule has 2 N–H and O–H groups in total. The van der Waals surface area contributed by atoms with Gasteiger partial charge in [0.2, 0.25) is 0 Å². The molecule has 2 aromatic carbocycles. The molecule has 21 heavy (non-hydrogen) atoms. The van der Waals surface area contributed by atoms with Crippen molar-refractivity contribution in [2.24, 2.45) is 0 Å². The predicted molar refractivity (Wildman–Crippen MR) is 89.5 cm³/mol. The molecule has 5 heteroatoms. The molecule has 0 heterocycles. The Balaban J connectivity index is 1.70. The number of halogens is 2. The molecule has 3 nitrogen and oxygen atoms in total. The summed E-state index contributed by atoms with van der Waals surface area (Å²) in [6.45, 7) is 1.08. The molecule has 0 radical (unpaired) electrons. The number of rotatable bonds is 5. The lowest BCUT2D eigenvalue weighted by atomic mass is 10.1. The van der Waals surface area contributed by atoms with Crippen molar-refractivity contribution in [3.8, 4) is 0 Å². The van der Waals surface area contributed by atoms with Crippen molar-refractivity contribution < 1.29 is 4.79 Å². The van der Waals surface area contributed by atoms with Gasteiger partial charge in [0, 0.05) is 22.6 Å². The molecule has 0 aliphatic rings. The highest BCUT2D eigenvalue weighted by Gasteiger charge is 2.02. The number of urea groups is 1. The first-order valence-corrected chi connectivity index (χ1v) is 7.82. The highest BCUT2D eigenvalue weighted by atomic mass is 79.9. The quantitative estimate of drug-likeness (QED) is 0.819. The lowest BCUT2D eigenvalue weighted by Crippen LogP contribution is -2.36. The van der Waals surface area contributed by atoms with Crippen molar-refractivity contribution in [2.45, 2.75) is 13.0 Å². The highest BCUT2D eigenvalue weighted by molar-refractivity contribution is 9.10. The second-order valence-electron chi connectivity index (χ2n) is 4.58. The second kappa shape index (κ2) is 8.05. The zero-order valence-corrected chi connectivity index (χ0v) is 13.7. The molecule has 110 valence electrons. The zero-order chi connectivity index (χ0) is 15.1. The van der Waals surface area contributed by atoms with Gasteiger partial charge >= 0.3 is 6.03 Å². The summed E-state index contributed by atoms with van der Waals surface area (Å²) in [5, 5.41) is 6.35. The molecule has 0 aromatic heterocycles. The van der Waals surface area contributed by atoms with Gasteiger partial charge in [0.15, 0.2) is 0 Å². The van der Waals surface area contributed by atoms with E-state index in [9.17, 15) is 4.79 Å². The van der Waals surface area contributed by atoms with Crippen molar-refractivity contribution in [1.29, 1.82) is 0 Å². The molecular weight excluding hydrogens is 352 g/mol. The zero-order valence-electron chi connectivity index (χ0n) is 11.4. The van der Waals surface area contributed by atoms with Gasteiger partial charge in [-0.1, -0.05) is 57.9 Å². The Morgan fingerprint density at radius 1 is 1.05 bits per heavy atom. The third kappa shape index (κ3) is 5.40. The maximum Gasteiger partial charge on any atom is 0.315 e. The third-order valence-corrected chi connectivity index (χ3v) is 4.03. The summed E-state index contributed by atoms with van der Waals surface area (Å²) < 4.78 is 1.06. The van der Waals surface area contributed by atoms with Crippen LogP contribution in [0.4, 0.5) is 4.79 Å². The van der Waals surface area contributed by atoms with Crippen molar-refractivity contribution in [2.75, 3.05) is 6.54 Å². The van der Waals surface area contributed by atoms with Crippen molar-refractivity contribution in [1.82, 2.24) is 10.6 Å². The summed E-state index contributed by atoms with van der Waals surface area (Å²) >= 11 is 9.30. The molecule has 2 amide bonds. The normalized spacial score (nSPS) is 10.2. The molecule has 0 unspecified atom stereocenters. The molecule has 0 fully saturated rings. The Morgan fingerprint density at radius 3 is 2.48 bits per heavy atom. The van der Waals surface area contributed by atoms with Crippen LogP contribution in [-0.2, 0) is 13.0 Å². The van der Waals surface area contributed by atoms with Gasteiger partial charge in [0.05, 0.1) is 0 Å². The molecular formula is C16H16BrClN2O. The van der Waals surface area contributed by atoms with Gasteiger partial charge < -0.3 is 10.6 Å². The van der Waals surface area contributed by atoms with E-state index >= 15 is 0 Å². The Hall–Kier alpha value is -1.52. The lowest BCUT2D eigenvalue weighted by molar-refractivity contribution is 0.240. The minimum Gasteiger partial charge on any atom is -0.338 e. The fourth-order valence-electron chi connectivity index (χ4n) is 1.86. The molecule has 0 atom stereocenters. The van der Waals surface area contributed by atoms with Crippen molar-refractivity contribution in [3.05, 3.63) is 69.2 Å². The molecule has 0 saturated carbocycles. The number of carbonyl (C=O) groups is 1. The van der Waals surface area contributed by atoms with E-state index in [2.05, 4.69) is 26.6 Å². The van der Waals surface area contributed by atoms with Crippen LogP contribution in [0.25, 0.3) is 0 Å². The van der Waals surface area contributed by atoms with Crippen molar-refractivity contribution in [3.63, 3.8) is 0 Å². The average molecular weight is 368 g/mol. The number of carbonyl (C=O) groups excluding carboxylic acids is 1. The number of nitrogens with one attached hydrogen (secondary N) is 2. The van der Waals surface area contributed by atoms with Crippen molar-refractivity contribution >= 4 is 33.6 Å². The third-order valence-electron chi connectivity index (χ3n) is 3.00. The van der Waals surface area contributed by atoms with Crippen LogP contribution in [0.2, 0.25) is 5.02 Å². The van der Waals surface area contributed by atoms with E-state index in [0.29, 0.717) is 18.1 Å². The van der Waals surface area contributed by atoms with Crippen LogP contribution >= 0.6 is 27.5 Å². The van der Waals surface area contributed by atoms with Crippen LogP contribution in [-0.4, -0.2) is 12.6 Å². The number of amides is 2. The Morgan fingerprint density at radius 2 is 1.76 bits per heavy atom. The SMILES string of the molecule is O=C(NCCc1ccccc1Br)NCc1ccc(Cl)cc1. The Labute approximate surface area is 137 Å². The highest BCUT2D eigenvalue weighted by Crippen LogP contribution is 2.15. The van der Waals surface area contributed by atoms with Crippen LogP contribution in [0, 0.1) is 0 Å². The van der Waals surface area contributed by atoms with Crippen LogP contribution in [0.5, 0.6) is 0 Å². The largest absolute Gasteiger partial charge is 0.338 e. The van der Waals surface area contributed by atoms with Gasteiger partial charge in [-0.15, -0.1) is 0 Å². The first-order valence-electron chi connectivity index (χ1n) is 6.65.